The van der Waals surface area contributed by atoms with Crippen molar-refractivity contribution < 1.29 is 14.6 Å². The summed E-state index contributed by atoms with van der Waals surface area (Å²) in [4.78, 5) is 12.9. The minimum Gasteiger partial charge on any atom is -0.481 e. The molecule has 0 aliphatic carbocycles. The van der Waals surface area contributed by atoms with E-state index < -0.39 is 5.97 Å². The van der Waals surface area contributed by atoms with Gasteiger partial charge in [0.1, 0.15) is 0 Å². The number of morpholine rings is 1. The molecule has 0 spiro atoms. The topological polar surface area (TPSA) is 49.8 Å². The highest BCUT2D eigenvalue weighted by atomic mass is 79.9. The van der Waals surface area contributed by atoms with Crippen molar-refractivity contribution in [3.63, 3.8) is 0 Å². The smallest absolute Gasteiger partial charge is 0.306 e. The molecule has 0 aromatic heterocycles. The zero-order chi connectivity index (χ0) is 13.0. The van der Waals surface area contributed by atoms with E-state index in [4.69, 9.17) is 9.84 Å². The number of carboxylic acids is 1. The number of nitrogens with zero attached hydrogens (tertiary/aromatic N) is 1. The summed E-state index contributed by atoms with van der Waals surface area (Å²) in [6.07, 6.45) is -0.113. The Balaban J connectivity index is 1.91. The molecule has 18 heavy (non-hydrogen) atoms. The predicted molar refractivity (Wildman–Crippen MR) is 71.4 cm³/mol. The van der Waals surface area contributed by atoms with E-state index in [0.717, 1.165) is 17.6 Å². The average molecular weight is 314 g/mol. The Morgan fingerprint density at radius 1 is 1.56 bits per heavy atom. The van der Waals surface area contributed by atoms with Crippen LogP contribution in [0.1, 0.15) is 12.0 Å². The number of carbonyl (C=O) groups is 1. The van der Waals surface area contributed by atoms with Crippen LogP contribution in [0.5, 0.6) is 0 Å². The van der Waals surface area contributed by atoms with Gasteiger partial charge in [0.25, 0.3) is 0 Å². The largest absolute Gasteiger partial charge is 0.481 e. The van der Waals surface area contributed by atoms with Gasteiger partial charge in [-0.15, -0.1) is 0 Å². The van der Waals surface area contributed by atoms with Gasteiger partial charge in [0.2, 0.25) is 0 Å². The van der Waals surface area contributed by atoms with Crippen molar-refractivity contribution in [1.29, 1.82) is 0 Å². The number of halogens is 1. The van der Waals surface area contributed by atoms with Crippen LogP contribution in [0.2, 0.25) is 0 Å². The van der Waals surface area contributed by atoms with Crippen LogP contribution >= 0.6 is 15.9 Å². The van der Waals surface area contributed by atoms with Crippen molar-refractivity contribution in [2.45, 2.75) is 19.1 Å². The molecule has 1 N–H and O–H groups in total. The van der Waals surface area contributed by atoms with Gasteiger partial charge >= 0.3 is 5.97 Å². The summed E-state index contributed by atoms with van der Waals surface area (Å²) in [5.41, 5.74) is 1.22. The fourth-order valence-electron chi connectivity index (χ4n) is 2.14. The third kappa shape index (κ3) is 4.08. The standard InChI is InChI=1S/C13H16BrNO3/c14-11-3-1-2-10(6-11)8-15-4-5-18-12(9-15)7-13(16)17/h1-3,6,12H,4-5,7-9H2,(H,16,17). The Morgan fingerprint density at radius 2 is 2.39 bits per heavy atom. The molecule has 0 saturated carbocycles. The maximum absolute atomic E-state index is 10.7. The van der Waals surface area contributed by atoms with Crippen molar-refractivity contribution in [2.24, 2.45) is 0 Å². The van der Waals surface area contributed by atoms with Crippen LogP contribution < -0.4 is 0 Å². The maximum Gasteiger partial charge on any atom is 0.306 e. The minimum absolute atomic E-state index is 0.0784. The summed E-state index contributed by atoms with van der Waals surface area (Å²) in [6, 6.07) is 8.17. The van der Waals surface area contributed by atoms with E-state index >= 15 is 0 Å². The molecule has 1 aromatic rings. The van der Waals surface area contributed by atoms with Crippen LogP contribution in [-0.4, -0.2) is 41.8 Å². The van der Waals surface area contributed by atoms with Gasteiger partial charge in [0.15, 0.2) is 0 Å². The molecule has 0 bridgehead atoms. The van der Waals surface area contributed by atoms with Gasteiger partial charge in [-0.2, -0.15) is 0 Å². The van der Waals surface area contributed by atoms with Crippen LogP contribution in [-0.2, 0) is 16.1 Å². The zero-order valence-corrected chi connectivity index (χ0v) is 11.6. The number of ether oxygens (including phenoxy) is 1. The van der Waals surface area contributed by atoms with Crippen LogP contribution in [0.25, 0.3) is 0 Å². The number of aliphatic carboxylic acids is 1. The minimum atomic E-state index is -0.802. The van der Waals surface area contributed by atoms with Gasteiger partial charge in [-0.1, -0.05) is 28.1 Å². The first-order chi connectivity index (χ1) is 8.63. The first-order valence-electron chi connectivity index (χ1n) is 5.93. The lowest BCUT2D eigenvalue weighted by molar-refractivity contribution is -0.142. The molecule has 1 heterocycles. The van der Waals surface area contributed by atoms with Crippen LogP contribution in [0.4, 0.5) is 0 Å². The molecule has 1 unspecified atom stereocenters. The second kappa shape index (κ2) is 6.31. The molecule has 1 atom stereocenters. The van der Waals surface area contributed by atoms with E-state index in [1.807, 2.05) is 12.1 Å². The second-order valence-corrected chi connectivity index (χ2v) is 5.37. The average Bonchev–Trinajstić information content (AvgIpc) is 2.28. The fraction of sp³-hybridized carbons (Fsp3) is 0.462. The fourth-order valence-corrected chi connectivity index (χ4v) is 2.58. The van der Waals surface area contributed by atoms with E-state index in [1.165, 1.54) is 5.56 Å². The van der Waals surface area contributed by atoms with Gasteiger partial charge in [-0.3, -0.25) is 9.69 Å². The van der Waals surface area contributed by atoms with Gasteiger partial charge in [0, 0.05) is 24.1 Å². The molecule has 98 valence electrons. The van der Waals surface area contributed by atoms with Crippen molar-refractivity contribution in [1.82, 2.24) is 4.90 Å². The molecule has 1 aliphatic rings. The molecule has 5 heteroatoms. The Bertz CT molecular complexity index is 424. The SMILES string of the molecule is O=C(O)CC1CN(Cc2cccc(Br)c2)CCO1. The highest BCUT2D eigenvalue weighted by Crippen LogP contribution is 2.16. The van der Waals surface area contributed by atoms with E-state index in [2.05, 4.69) is 33.0 Å². The van der Waals surface area contributed by atoms with Gasteiger partial charge in [-0.05, 0) is 17.7 Å². The quantitative estimate of drug-likeness (QED) is 0.925. The predicted octanol–water partition coefficient (Wildman–Crippen LogP) is 2.12. The van der Waals surface area contributed by atoms with Crippen molar-refractivity contribution in [3.05, 3.63) is 34.3 Å². The molecule has 1 aromatic carbocycles. The highest BCUT2D eigenvalue weighted by Gasteiger charge is 2.22. The first kappa shape index (κ1) is 13.5. The van der Waals surface area contributed by atoms with E-state index in [0.29, 0.717) is 13.2 Å². The van der Waals surface area contributed by atoms with Gasteiger partial charge in [-0.25, -0.2) is 0 Å². The zero-order valence-electron chi connectivity index (χ0n) is 10.0. The Kier molecular flexibility index (Phi) is 4.74. The molecule has 0 radical (unpaired) electrons. The Hall–Kier alpha value is -0.910. The lowest BCUT2D eigenvalue weighted by Crippen LogP contribution is -2.42. The maximum atomic E-state index is 10.7. The summed E-state index contributed by atoms with van der Waals surface area (Å²) >= 11 is 3.45. The molecule has 0 amide bonds. The van der Waals surface area contributed by atoms with Crippen LogP contribution in [0.15, 0.2) is 28.7 Å². The Labute approximate surface area is 115 Å². The molecule has 1 aliphatic heterocycles. The number of hydrogen-bond acceptors (Lipinski definition) is 3. The molecular weight excluding hydrogens is 298 g/mol. The third-order valence-corrected chi connectivity index (χ3v) is 3.41. The lowest BCUT2D eigenvalue weighted by atomic mass is 10.1. The van der Waals surface area contributed by atoms with Crippen LogP contribution in [0.3, 0.4) is 0 Å². The van der Waals surface area contributed by atoms with Gasteiger partial charge in [0.05, 0.1) is 19.1 Å². The molecule has 1 saturated heterocycles. The Morgan fingerprint density at radius 3 is 3.11 bits per heavy atom. The molecule has 2 rings (SSSR count). The second-order valence-electron chi connectivity index (χ2n) is 4.46. The monoisotopic (exact) mass is 313 g/mol. The number of carboxylic acid groups (broad SMARTS) is 1. The molecule has 4 nitrogen and oxygen atoms in total. The van der Waals surface area contributed by atoms with Crippen molar-refractivity contribution in [2.75, 3.05) is 19.7 Å². The van der Waals surface area contributed by atoms with E-state index in [1.54, 1.807) is 0 Å². The summed E-state index contributed by atoms with van der Waals surface area (Å²) in [7, 11) is 0. The summed E-state index contributed by atoms with van der Waals surface area (Å²) < 4.78 is 6.51. The third-order valence-electron chi connectivity index (χ3n) is 2.92. The number of rotatable bonds is 4. The normalized spacial score (nSPS) is 20.8. The molecular formula is C13H16BrNO3. The summed E-state index contributed by atoms with van der Waals surface area (Å²) in [5.74, 6) is -0.802. The highest BCUT2D eigenvalue weighted by molar-refractivity contribution is 9.10. The summed E-state index contributed by atoms with van der Waals surface area (Å²) in [5, 5.41) is 8.77. The summed E-state index contributed by atoms with van der Waals surface area (Å²) in [6.45, 7) is 2.96. The van der Waals surface area contributed by atoms with Crippen LogP contribution in [0, 0.1) is 0 Å². The van der Waals surface area contributed by atoms with Crippen molar-refractivity contribution >= 4 is 21.9 Å². The number of hydrogen-bond donors (Lipinski definition) is 1. The van der Waals surface area contributed by atoms with E-state index in [-0.39, 0.29) is 12.5 Å². The lowest BCUT2D eigenvalue weighted by Gasteiger charge is -2.32. The van der Waals surface area contributed by atoms with Gasteiger partial charge < -0.3 is 9.84 Å². The molecule has 1 fully saturated rings. The first-order valence-corrected chi connectivity index (χ1v) is 6.73. The van der Waals surface area contributed by atoms with Crippen molar-refractivity contribution in [3.8, 4) is 0 Å². The van der Waals surface area contributed by atoms with E-state index in [9.17, 15) is 4.79 Å². The number of benzene rings is 1.